The maximum atomic E-state index is 12.6. The van der Waals surface area contributed by atoms with Crippen LogP contribution in [-0.4, -0.2) is 51.5 Å². The summed E-state index contributed by atoms with van der Waals surface area (Å²) in [6.45, 7) is 8.65. The van der Waals surface area contributed by atoms with Crippen LogP contribution >= 0.6 is 0 Å². The lowest BCUT2D eigenvalue weighted by Gasteiger charge is -2.11. The van der Waals surface area contributed by atoms with Gasteiger partial charge in [0, 0.05) is 38.2 Å². The molecular formula is C20H33N5O5S. The average molecular weight is 456 g/mol. The fourth-order valence-corrected chi connectivity index (χ4v) is 4.00. The van der Waals surface area contributed by atoms with Gasteiger partial charge in [0.05, 0.1) is 5.75 Å². The van der Waals surface area contributed by atoms with Gasteiger partial charge in [-0.25, -0.2) is 18.2 Å². The number of hydrogen-bond donors (Lipinski definition) is 2. The number of nitrogens with one attached hydrogen (secondary N) is 2. The first-order chi connectivity index (χ1) is 14.6. The van der Waals surface area contributed by atoms with Crippen molar-refractivity contribution < 1.29 is 13.2 Å². The molecule has 2 aromatic rings. The summed E-state index contributed by atoms with van der Waals surface area (Å²) < 4.78 is 26.4. The Labute approximate surface area is 182 Å². The molecule has 0 radical (unpaired) electrons. The number of unbranched alkanes of at least 4 members (excludes halogenated alkanes) is 1. The van der Waals surface area contributed by atoms with Crippen LogP contribution in [0.1, 0.15) is 52.8 Å². The molecule has 0 aliphatic rings. The van der Waals surface area contributed by atoms with Crippen molar-refractivity contribution in [2.75, 3.05) is 18.1 Å². The summed E-state index contributed by atoms with van der Waals surface area (Å²) in [5, 5.41) is 2.62. The number of aromatic amines is 1. The van der Waals surface area contributed by atoms with E-state index in [1.165, 1.54) is 4.57 Å². The minimum Gasteiger partial charge on any atom is -0.355 e. The van der Waals surface area contributed by atoms with Crippen LogP contribution < -0.4 is 16.6 Å². The summed E-state index contributed by atoms with van der Waals surface area (Å²) in [4.78, 5) is 44.1. The van der Waals surface area contributed by atoms with Crippen LogP contribution in [0.3, 0.4) is 0 Å². The normalized spacial score (nSPS) is 12.0. The summed E-state index contributed by atoms with van der Waals surface area (Å²) in [5.41, 5.74) is -0.288. The van der Waals surface area contributed by atoms with Gasteiger partial charge in [0.25, 0.3) is 5.56 Å². The summed E-state index contributed by atoms with van der Waals surface area (Å²) in [5.74, 6) is 0.434. The fraction of sp³-hybridized carbons (Fsp3) is 0.700. The molecule has 0 spiro atoms. The molecule has 0 fully saturated rings. The highest BCUT2D eigenvalue weighted by atomic mass is 32.2. The molecule has 2 N–H and O–H groups in total. The van der Waals surface area contributed by atoms with Crippen LogP contribution in [-0.2, 0) is 34.1 Å². The smallest absolute Gasteiger partial charge is 0.330 e. The van der Waals surface area contributed by atoms with Crippen molar-refractivity contribution >= 4 is 26.9 Å². The number of sulfone groups is 1. The molecule has 31 heavy (non-hydrogen) atoms. The molecule has 0 unspecified atom stereocenters. The molecule has 0 saturated heterocycles. The van der Waals surface area contributed by atoms with E-state index in [1.807, 2.05) is 20.8 Å². The zero-order valence-corrected chi connectivity index (χ0v) is 19.5. The third kappa shape index (κ3) is 6.52. The first-order valence-electron chi connectivity index (χ1n) is 10.8. The lowest BCUT2D eigenvalue weighted by Crippen LogP contribution is -2.31. The highest BCUT2D eigenvalue weighted by Gasteiger charge is 2.20. The molecule has 2 aromatic heterocycles. The zero-order chi connectivity index (χ0) is 23.2. The molecule has 2 rings (SSSR count). The molecule has 1 amide bonds. The van der Waals surface area contributed by atoms with E-state index < -0.39 is 21.1 Å². The largest absolute Gasteiger partial charge is 0.355 e. The second-order valence-electron chi connectivity index (χ2n) is 8.06. The van der Waals surface area contributed by atoms with Crippen molar-refractivity contribution in [2.45, 2.75) is 66.5 Å². The van der Waals surface area contributed by atoms with E-state index in [4.69, 9.17) is 0 Å². The van der Waals surface area contributed by atoms with E-state index in [1.54, 1.807) is 11.5 Å². The van der Waals surface area contributed by atoms with Crippen molar-refractivity contribution in [1.29, 1.82) is 0 Å². The van der Waals surface area contributed by atoms with E-state index in [2.05, 4.69) is 15.3 Å². The van der Waals surface area contributed by atoms with Crippen molar-refractivity contribution in [1.82, 2.24) is 24.4 Å². The number of amides is 1. The number of aromatic nitrogens is 4. The lowest BCUT2D eigenvalue weighted by molar-refractivity contribution is -0.120. The molecule has 0 aliphatic carbocycles. The molecule has 10 nitrogen and oxygen atoms in total. The van der Waals surface area contributed by atoms with Crippen LogP contribution in [0, 0.1) is 5.92 Å². The summed E-state index contributed by atoms with van der Waals surface area (Å²) >= 11 is 0. The van der Waals surface area contributed by atoms with Gasteiger partial charge >= 0.3 is 5.69 Å². The Hall–Kier alpha value is -2.43. The Bertz CT molecular complexity index is 1130. The van der Waals surface area contributed by atoms with Crippen LogP contribution in [0.5, 0.6) is 0 Å². The third-order valence-electron chi connectivity index (χ3n) is 5.00. The number of fused-ring (bicyclic) bond motifs is 1. The number of hydrogen-bond acceptors (Lipinski definition) is 6. The second kappa shape index (κ2) is 10.7. The Kier molecular flexibility index (Phi) is 8.60. The SMILES string of the molecule is CCCCn1c(=O)[nH]c(=O)c2c1nc(CCC(=O)NCCS(=O)(=O)CC)n2CC(C)C. The summed E-state index contributed by atoms with van der Waals surface area (Å²) in [6.07, 6.45) is 2.04. The number of rotatable bonds is 12. The topological polar surface area (TPSA) is 136 Å². The van der Waals surface area contributed by atoms with Crippen molar-refractivity contribution in [3.05, 3.63) is 26.7 Å². The van der Waals surface area contributed by atoms with Gasteiger partial charge in [-0.2, -0.15) is 0 Å². The highest BCUT2D eigenvalue weighted by Crippen LogP contribution is 2.16. The third-order valence-corrected chi connectivity index (χ3v) is 6.70. The second-order valence-corrected chi connectivity index (χ2v) is 10.5. The van der Waals surface area contributed by atoms with Crippen LogP contribution in [0.4, 0.5) is 0 Å². The van der Waals surface area contributed by atoms with Gasteiger partial charge < -0.3 is 9.88 Å². The van der Waals surface area contributed by atoms with Gasteiger partial charge in [0.1, 0.15) is 5.82 Å². The van der Waals surface area contributed by atoms with E-state index in [0.29, 0.717) is 30.1 Å². The van der Waals surface area contributed by atoms with Crippen LogP contribution in [0.15, 0.2) is 9.59 Å². The number of H-pyrrole nitrogens is 1. The number of nitrogens with zero attached hydrogens (tertiary/aromatic N) is 3. The lowest BCUT2D eigenvalue weighted by atomic mass is 10.2. The number of carbonyl (C=O) groups excluding carboxylic acids is 1. The molecule has 0 aromatic carbocycles. The standard InChI is InChI=1S/C20H33N5O5S/c1-5-7-11-24-18-17(19(27)23-20(24)28)25(13-14(3)4)15(22-18)8-9-16(26)21-10-12-31(29,30)6-2/h14H,5-13H2,1-4H3,(H,21,26)(H,23,27,28). The molecule has 174 valence electrons. The number of carbonyl (C=O) groups is 1. The van der Waals surface area contributed by atoms with Gasteiger partial charge in [0.15, 0.2) is 21.0 Å². The van der Waals surface area contributed by atoms with Gasteiger partial charge in [-0.05, 0) is 12.3 Å². The van der Waals surface area contributed by atoms with Crippen LogP contribution in [0.25, 0.3) is 11.2 Å². The minimum atomic E-state index is -3.14. The predicted molar refractivity (Wildman–Crippen MR) is 120 cm³/mol. The van der Waals surface area contributed by atoms with Gasteiger partial charge in [-0.15, -0.1) is 0 Å². The Morgan fingerprint density at radius 1 is 1.19 bits per heavy atom. The number of imidazole rings is 1. The average Bonchev–Trinajstić information content (AvgIpc) is 3.04. The van der Waals surface area contributed by atoms with Crippen molar-refractivity contribution in [3.8, 4) is 0 Å². The predicted octanol–water partition coefficient (Wildman–Crippen LogP) is 0.826. The van der Waals surface area contributed by atoms with Gasteiger partial charge in [-0.1, -0.05) is 34.1 Å². The Morgan fingerprint density at radius 3 is 2.52 bits per heavy atom. The Balaban J connectivity index is 2.29. The zero-order valence-electron chi connectivity index (χ0n) is 18.7. The number of aryl methyl sites for hydroxylation is 2. The van der Waals surface area contributed by atoms with E-state index in [0.717, 1.165) is 12.8 Å². The highest BCUT2D eigenvalue weighted by molar-refractivity contribution is 7.91. The van der Waals surface area contributed by atoms with Gasteiger partial charge in [-0.3, -0.25) is 19.1 Å². The molecule has 11 heteroatoms. The first-order valence-corrected chi connectivity index (χ1v) is 12.6. The molecule has 0 saturated carbocycles. The van der Waals surface area contributed by atoms with Crippen LogP contribution in [0.2, 0.25) is 0 Å². The molecular weight excluding hydrogens is 422 g/mol. The maximum absolute atomic E-state index is 12.6. The fourth-order valence-electron chi connectivity index (χ4n) is 3.30. The Morgan fingerprint density at radius 2 is 1.90 bits per heavy atom. The maximum Gasteiger partial charge on any atom is 0.330 e. The van der Waals surface area contributed by atoms with E-state index in [9.17, 15) is 22.8 Å². The monoisotopic (exact) mass is 455 g/mol. The first kappa shape index (κ1) is 24.8. The van der Waals surface area contributed by atoms with Gasteiger partial charge in [0.2, 0.25) is 5.91 Å². The summed E-state index contributed by atoms with van der Waals surface area (Å²) in [6, 6.07) is 0. The molecule has 0 atom stereocenters. The minimum absolute atomic E-state index is 0.0381. The molecule has 0 aliphatic heterocycles. The quantitative estimate of drug-likeness (QED) is 0.486. The molecule has 0 bridgehead atoms. The van der Waals surface area contributed by atoms with Crippen molar-refractivity contribution in [3.63, 3.8) is 0 Å². The van der Waals surface area contributed by atoms with E-state index in [-0.39, 0.29) is 42.7 Å². The summed E-state index contributed by atoms with van der Waals surface area (Å²) in [7, 11) is -3.14. The molecule has 2 heterocycles. The van der Waals surface area contributed by atoms with E-state index >= 15 is 0 Å². The van der Waals surface area contributed by atoms with Crippen molar-refractivity contribution in [2.24, 2.45) is 5.92 Å².